The molecule has 1 heterocycles. The summed E-state index contributed by atoms with van der Waals surface area (Å²) in [5, 5.41) is 0. The Kier molecular flexibility index (Phi) is 4.10. The van der Waals surface area contributed by atoms with Gasteiger partial charge in [-0.2, -0.15) is 0 Å². The van der Waals surface area contributed by atoms with E-state index < -0.39 is 0 Å². The van der Waals surface area contributed by atoms with Gasteiger partial charge in [-0.3, -0.25) is 0 Å². The monoisotopic (exact) mass is 252 g/mol. The maximum atomic E-state index is 6.13. The molecule has 1 rings (SSSR count). The molecule has 104 valence electrons. The van der Waals surface area contributed by atoms with E-state index in [1.54, 1.807) is 0 Å². The minimum absolute atomic E-state index is 0.0863. The van der Waals surface area contributed by atoms with Gasteiger partial charge in [0.25, 0.3) is 0 Å². The summed E-state index contributed by atoms with van der Waals surface area (Å²) in [5.74, 6) is 0.781. The molecule has 0 unspecified atom stereocenters. The fraction of sp³-hybridized carbons (Fsp3) is 0.867. The normalized spacial score (nSPS) is 25.9. The third-order valence-electron chi connectivity index (χ3n) is 5.19. The molecular formula is C15H29BO2. The lowest BCUT2D eigenvalue weighted by molar-refractivity contribution is 0.00578. The Morgan fingerprint density at radius 1 is 1.06 bits per heavy atom. The van der Waals surface area contributed by atoms with Crippen LogP contribution in [0.5, 0.6) is 0 Å². The highest BCUT2D eigenvalue weighted by atomic mass is 16.7. The van der Waals surface area contributed by atoms with Gasteiger partial charge in [-0.05, 0) is 44.8 Å². The zero-order chi connectivity index (χ0) is 14.4. The van der Waals surface area contributed by atoms with Crippen molar-refractivity contribution in [3.05, 3.63) is 12.7 Å². The van der Waals surface area contributed by atoms with Gasteiger partial charge >= 0.3 is 7.12 Å². The molecule has 0 aliphatic carbocycles. The highest BCUT2D eigenvalue weighted by molar-refractivity contribution is 6.47. The van der Waals surface area contributed by atoms with E-state index in [1.807, 2.05) is 6.08 Å². The molecule has 1 aliphatic rings. The van der Waals surface area contributed by atoms with Crippen molar-refractivity contribution in [3.8, 4) is 0 Å². The van der Waals surface area contributed by atoms with Crippen LogP contribution in [-0.4, -0.2) is 18.3 Å². The topological polar surface area (TPSA) is 18.5 Å². The van der Waals surface area contributed by atoms with Crippen LogP contribution in [0.4, 0.5) is 0 Å². The van der Waals surface area contributed by atoms with E-state index >= 15 is 0 Å². The van der Waals surface area contributed by atoms with E-state index in [1.165, 1.54) is 0 Å². The first-order chi connectivity index (χ1) is 7.94. The van der Waals surface area contributed by atoms with E-state index in [0.717, 1.165) is 0 Å². The molecule has 0 bridgehead atoms. The van der Waals surface area contributed by atoms with Crippen molar-refractivity contribution in [2.45, 2.75) is 72.4 Å². The number of allylic oxidation sites excluding steroid dienone is 1. The molecule has 1 fully saturated rings. The van der Waals surface area contributed by atoms with E-state index in [4.69, 9.17) is 9.31 Å². The van der Waals surface area contributed by atoms with Gasteiger partial charge < -0.3 is 9.31 Å². The second-order valence-electron chi connectivity index (χ2n) is 7.30. The Morgan fingerprint density at radius 3 is 1.78 bits per heavy atom. The van der Waals surface area contributed by atoms with Crippen molar-refractivity contribution in [1.29, 1.82) is 0 Å². The van der Waals surface area contributed by atoms with Gasteiger partial charge in [0.05, 0.1) is 11.2 Å². The Hall–Kier alpha value is -0.275. The van der Waals surface area contributed by atoms with E-state index in [-0.39, 0.29) is 23.7 Å². The summed E-state index contributed by atoms with van der Waals surface area (Å²) in [6, 6.07) is 0. The van der Waals surface area contributed by atoms with Crippen LogP contribution in [-0.2, 0) is 9.31 Å². The van der Waals surface area contributed by atoms with Crippen molar-refractivity contribution >= 4 is 7.12 Å². The summed E-state index contributed by atoms with van der Waals surface area (Å²) in [5.41, 5.74) is -0.406. The van der Waals surface area contributed by atoms with Gasteiger partial charge in [0.1, 0.15) is 0 Å². The standard InChI is InChI=1S/C15H29BO2/c1-10-13(4,5)11(2)12(3)16-17-14(6,7)15(8,9)18-16/h10-12H,1H2,2-9H3/t11-,12-/m0/s1. The van der Waals surface area contributed by atoms with Crippen LogP contribution in [0.1, 0.15) is 55.4 Å². The van der Waals surface area contributed by atoms with Gasteiger partial charge in [0.2, 0.25) is 0 Å². The maximum Gasteiger partial charge on any atom is 0.461 e. The fourth-order valence-electron chi connectivity index (χ4n) is 2.20. The Balaban J connectivity index is 2.83. The molecule has 0 aromatic carbocycles. The lowest BCUT2D eigenvalue weighted by Gasteiger charge is -2.34. The lowest BCUT2D eigenvalue weighted by atomic mass is 9.59. The third kappa shape index (κ3) is 2.67. The molecule has 0 spiro atoms. The van der Waals surface area contributed by atoms with Crippen molar-refractivity contribution in [2.75, 3.05) is 0 Å². The van der Waals surface area contributed by atoms with Crippen LogP contribution in [0, 0.1) is 11.3 Å². The van der Waals surface area contributed by atoms with Crippen molar-refractivity contribution < 1.29 is 9.31 Å². The molecule has 0 radical (unpaired) electrons. The fourth-order valence-corrected chi connectivity index (χ4v) is 2.20. The van der Waals surface area contributed by atoms with Crippen LogP contribution < -0.4 is 0 Å². The smallest absolute Gasteiger partial charge is 0.403 e. The molecule has 2 atom stereocenters. The summed E-state index contributed by atoms with van der Waals surface area (Å²) >= 11 is 0. The van der Waals surface area contributed by atoms with E-state index in [0.29, 0.717) is 11.7 Å². The van der Waals surface area contributed by atoms with Crippen molar-refractivity contribution in [2.24, 2.45) is 11.3 Å². The van der Waals surface area contributed by atoms with E-state index in [9.17, 15) is 0 Å². The van der Waals surface area contributed by atoms with Crippen LogP contribution >= 0.6 is 0 Å². The molecule has 18 heavy (non-hydrogen) atoms. The highest BCUT2D eigenvalue weighted by Crippen LogP contribution is 2.45. The van der Waals surface area contributed by atoms with Crippen LogP contribution in [0.25, 0.3) is 0 Å². The molecule has 0 aromatic rings. The number of hydrogen-bond donors (Lipinski definition) is 0. The molecule has 1 aliphatic heterocycles. The zero-order valence-electron chi connectivity index (χ0n) is 13.3. The van der Waals surface area contributed by atoms with Gasteiger partial charge in [-0.25, -0.2) is 0 Å². The predicted octanol–water partition coefficient (Wildman–Crippen LogP) is 4.32. The predicted molar refractivity (Wildman–Crippen MR) is 78.6 cm³/mol. The molecule has 3 heteroatoms. The first-order valence-corrected chi connectivity index (χ1v) is 6.94. The van der Waals surface area contributed by atoms with E-state index in [2.05, 4.69) is 62.0 Å². The molecule has 0 aromatic heterocycles. The maximum absolute atomic E-state index is 6.13. The van der Waals surface area contributed by atoms with Gasteiger partial charge in [0, 0.05) is 0 Å². The molecular weight excluding hydrogens is 223 g/mol. The third-order valence-corrected chi connectivity index (χ3v) is 5.19. The van der Waals surface area contributed by atoms with Crippen molar-refractivity contribution in [1.82, 2.24) is 0 Å². The number of hydrogen-bond acceptors (Lipinski definition) is 2. The largest absolute Gasteiger partial charge is 0.461 e. The minimum atomic E-state index is -0.246. The molecule has 2 nitrogen and oxygen atoms in total. The average Bonchev–Trinajstić information content (AvgIpc) is 2.46. The van der Waals surface area contributed by atoms with Gasteiger partial charge in [-0.15, -0.1) is 6.58 Å². The second kappa shape index (κ2) is 4.68. The first kappa shape index (κ1) is 15.8. The number of rotatable bonds is 4. The first-order valence-electron chi connectivity index (χ1n) is 6.94. The van der Waals surface area contributed by atoms with Crippen LogP contribution in [0.3, 0.4) is 0 Å². The Morgan fingerprint density at radius 2 is 1.44 bits per heavy atom. The quantitative estimate of drug-likeness (QED) is 0.548. The molecule has 1 saturated heterocycles. The highest BCUT2D eigenvalue weighted by Gasteiger charge is 2.54. The van der Waals surface area contributed by atoms with Gasteiger partial charge in [0.15, 0.2) is 0 Å². The zero-order valence-corrected chi connectivity index (χ0v) is 13.3. The minimum Gasteiger partial charge on any atom is -0.403 e. The summed E-state index contributed by atoms with van der Waals surface area (Å²) in [6.45, 7) is 21.2. The van der Waals surface area contributed by atoms with Gasteiger partial charge in [-0.1, -0.05) is 33.8 Å². The summed E-state index contributed by atoms with van der Waals surface area (Å²) in [6.07, 6.45) is 2.03. The second-order valence-corrected chi connectivity index (χ2v) is 7.30. The Labute approximate surface area is 113 Å². The van der Waals surface area contributed by atoms with Crippen LogP contribution in [0.2, 0.25) is 5.82 Å². The summed E-state index contributed by atoms with van der Waals surface area (Å²) in [7, 11) is -0.135. The summed E-state index contributed by atoms with van der Waals surface area (Å²) < 4.78 is 12.3. The molecule has 0 saturated carbocycles. The SMILES string of the molecule is C=CC(C)(C)[C@@H](C)[C@H](C)B1OC(C)(C)C(C)(C)O1. The van der Waals surface area contributed by atoms with Crippen molar-refractivity contribution in [3.63, 3.8) is 0 Å². The average molecular weight is 252 g/mol. The lowest BCUT2D eigenvalue weighted by Crippen LogP contribution is -2.41. The summed E-state index contributed by atoms with van der Waals surface area (Å²) in [4.78, 5) is 0. The Bertz CT molecular complexity index is 304. The molecule has 0 amide bonds. The van der Waals surface area contributed by atoms with Crippen LogP contribution in [0.15, 0.2) is 12.7 Å². The molecule has 0 N–H and O–H groups in total.